The van der Waals surface area contributed by atoms with Crippen LogP contribution in [-0.2, 0) is 10.8 Å². The predicted molar refractivity (Wildman–Crippen MR) is 50.0 cm³/mol. The second-order valence-corrected chi connectivity index (χ2v) is 3.03. The number of aliphatic imine (C=N–C) groups is 1. The van der Waals surface area contributed by atoms with E-state index >= 15 is 0 Å². The first-order valence-corrected chi connectivity index (χ1v) is 4.20. The van der Waals surface area contributed by atoms with E-state index in [0.29, 0.717) is 0 Å². The molecule has 0 spiro atoms. The van der Waals surface area contributed by atoms with Crippen molar-refractivity contribution in [3.05, 3.63) is 28.8 Å². The van der Waals surface area contributed by atoms with E-state index in [4.69, 9.17) is 16.3 Å². The van der Waals surface area contributed by atoms with Crippen molar-refractivity contribution in [3.8, 4) is 5.75 Å². The second-order valence-electron chi connectivity index (χ2n) is 2.59. The number of hydrogen-bond donors (Lipinski definition) is 0. The molecule has 80 valence electrons. The number of carbonyl (C=O) groups excluding carboxylic acids is 1. The van der Waals surface area contributed by atoms with Crippen molar-refractivity contribution >= 4 is 17.7 Å². The number of rotatable bonds is 3. The van der Waals surface area contributed by atoms with Crippen LogP contribution in [0.4, 0.5) is 8.78 Å². The van der Waals surface area contributed by atoms with Crippen LogP contribution in [0, 0.1) is 0 Å². The lowest BCUT2D eigenvalue weighted by Gasteiger charge is -2.13. The van der Waals surface area contributed by atoms with Gasteiger partial charge in [0.2, 0.25) is 6.08 Å². The Morgan fingerprint density at radius 1 is 1.53 bits per heavy atom. The summed E-state index contributed by atoms with van der Waals surface area (Å²) in [7, 11) is 1.23. The fraction of sp³-hybridized carbons (Fsp3) is 0.222. The van der Waals surface area contributed by atoms with Gasteiger partial charge in [0.1, 0.15) is 5.75 Å². The Labute approximate surface area is 89.3 Å². The van der Waals surface area contributed by atoms with Crippen LogP contribution in [0.25, 0.3) is 0 Å². The highest BCUT2D eigenvalue weighted by Gasteiger charge is 2.34. The summed E-state index contributed by atoms with van der Waals surface area (Å²) in [6, 6.07) is -0.0320. The summed E-state index contributed by atoms with van der Waals surface area (Å²) >= 11 is 5.55. The topological polar surface area (TPSA) is 38.7 Å². The Balaban J connectivity index is 3.33. The lowest BCUT2D eigenvalue weighted by molar-refractivity contribution is 0.00391. The van der Waals surface area contributed by atoms with Crippen LogP contribution in [-0.4, -0.2) is 13.2 Å². The molecule has 0 heterocycles. The van der Waals surface area contributed by atoms with Crippen LogP contribution in [0.1, 0.15) is 5.56 Å². The predicted octanol–water partition coefficient (Wildman–Crippen LogP) is 2.73. The maximum absolute atomic E-state index is 13.2. The van der Waals surface area contributed by atoms with Crippen molar-refractivity contribution in [2.75, 3.05) is 7.11 Å². The van der Waals surface area contributed by atoms with Gasteiger partial charge in [-0.2, -0.15) is 8.78 Å². The molecule has 3 nitrogen and oxygen atoms in total. The molecule has 0 bridgehead atoms. The summed E-state index contributed by atoms with van der Waals surface area (Å²) in [5.74, 6) is -0.0941. The van der Waals surface area contributed by atoms with Gasteiger partial charge < -0.3 is 4.74 Å². The third-order valence-corrected chi connectivity index (χ3v) is 1.91. The molecule has 0 aliphatic heterocycles. The molecular weight excluding hydrogens is 228 g/mol. The molecule has 1 aromatic carbocycles. The van der Waals surface area contributed by atoms with E-state index in [1.807, 2.05) is 0 Å². The third kappa shape index (κ3) is 2.52. The molecule has 0 N–H and O–H groups in total. The maximum atomic E-state index is 13.2. The van der Waals surface area contributed by atoms with Gasteiger partial charge in [0.25, 0.3) is 0 Å². The minimum absolute atomic E-state index is 0.0941. The molecule has 0 saturated heterocycles. The first-order valence-electron chi connectivity index (χ1n) is 3.82. The average Bonchev–Trinajstić information content (AvgIpc) is 2.17. The number of isocyanates is 1. The molecule has 0 aliphatic carbocycles. The third-order valence-electron chi connectivity index (χ3n) is 1.67. The zero-order valence-electron chi connectivity index (χ0n) is 7.63. The molecule has 6 heteroatoms. The quantitative estimate of drug-likeness (QED) is 0.457. The van der Waals surface area contributed by atoms with E-state index in [-0.39, 0.29) is 10.8 Å². The van der Waals surface area contributed by atoms with Gasteiger partial charge in [0.05, 0.1) is 12.7 Å². The van der Waals surface area contributed by atoms with Gasteiger partial charge in [0, 0.05) is 5.02 Å². The Hall–Kier alpha value is -1.45. The van der Waals surface area contributed by atoms with E-state index < -0.39 is 11.6 Å². The van der Waals surface area contributed by atoms with Crippen molar-refractivity contribution in [3.63, 3.8) is 0 Å². The molecule has 1 rings (SSSR count). The molecule has 1 aromatic rings. The van der Waals surface area contributed by atoms with Crippen LogP contribution < -0.4 is 4.74 Å². The fourth-order valence-electron chi connectivity index (χ4n) is 1.03. The minimum atomic E-state index is -3.68. The van der Waals surface area contributed by atoms with Gasteiger partial charge in [-0.15, -0.1) is 4.99 Å². The summed E-state index contributed by atoms with van der Waals surface area (Å²) in [4.78, 5) is 12.2. The van der Waals surface area contributed by atoms with Crippen molar-refractivity contribution in [2.45, 2.75) is 6.05 Å². The summed E-state index contributed by atoms with van der Waals surface area (Å²) in [5, 5.41) is 0.103. The summed E-state index contributed by atoms with van der Waals surface area (Å²) in [6.07, 6.45) is 0.804. The number of ether oxygens (including phenoxy) is 1. The van der Waals surface area contributed by atoms with Crippen molar-refractivity contribution < 1.29 is 18.3 Å². The van der Waals surface area contributed by atoms with Gasteiger partial charge in [-0.25, -0.2) is 4.79 Å². The van der Waals surface area contributed by atoms with Crippen LogP contribution >= 0.6 is 11.6 Å². The number of alkyl halides is 2. The van der Waals surface area contributed by atoms with Crippen LogP contribution in [0.15, 0.2) is 23.2 Å². The number of benzene rings is 1. The first-order chi connectivity index (χ1) is 7.01. The largest absolute Gasteiger partial charge is 0.496 e. The molecule has 0 atom stereocenters. The normalized spacial score (nSPS) is 10.7. The van der Waals surface area contributed by atoms with Crippen LogP contribution in [0.3, 0.4) is 0 Å². The van der Waals surface area contributed by atoms with E-state index in [1.165, 1.54) is 19.2 Å². The van der Waals surface area contributed by atoms with E-state index in [0.717, 1.165) is 12.1 Å². The maximum Gasteiger partial charge on any atom is 0.382 e. The molecule has 0 amide bonds. The summed E-state index contributed by atoms with van der Waals surface area (Å²) in [5.41, 5.74) is -0.569. The standard InChI is InChI=1S/C9H6ClF2NO2/c1-15-8-3-2-6(10)4-7(8)9(11,12)13-5-14/h2-4H,1H3. The second kappa shape index (κ2) is 4.38. The Bertz CT molecular complexity index is 417. The molecule has 0 aliphatic rings. The highest BCUT2D eigenvalue weighted by molar-refractivity contribution is 6.30. The number of methoxy groups -OCH3 is 1. The highest BCUT2D eigenvalue weighted by Crippen LogP contribution is 2.37. The van der Waals surface area contributed by atoms with Gasteiger partial charge in [-0.1, -0.05) is 11.6 Å². The molecule has 15 heavy (non-hydrogen) atoms. The fourth-order valence-corrected chi connectivity index (χ4v) is 1.20. The van der Waals surface area contributed by atoms with Gasteiger partial charge in [-0.3, -0.25) is 0 Å². The van der Waals surface area contributed by atoms with Crippen molar-refractivity contribution in [2.24, 2.45) is 4.99 Å². The van der Waals surface area contributed by atoms with Crippen molar-refractivity contribution in [1.82, 2.24) is 0 Å². The molecule has 0 radical (unpaired) electrons. The van der Waals surface area contributed by atoms with E-state index in [9.17, 15) is 13.6 Å². The van der Waals surface area contributed by atoms with Crippen molar-refractivity contribution in [1.29, 1.82) is 0 Å². The summed E-state index contributed by atoms with van der Waals surface area (Å²) < 4.78 is 31.1. The van der Waals surface area contributed by atoms with Gasteiger partial charge in [-0.05, 0) is 18.2 Å². The van der Waals surface area contributed by atoms with E-state index in [1.54, 1.807) is 0 Å². The lowest BCUT2D eigenvalue weighted by Crippen LogP contribution is -2.11. The molecule has 0 fully saturated rings. The lowest BCUT2D eigenvalue weighted by atomic mass is 10.1. The Morgan fingerprint density at radius 2 is 2.20 bits per heavy atom. The minimum Gasteiger partial charge on any atom is -0.496 e. The number of nitrogens with zero attached hydrogens (tertiary/aromatic N) is 1. The van der Waals surface area contributed by atoms with Gasteiger partial charge >= 0.3 is 6.05 Å². The molecule has 0 unspecified atom stereocenters. The smallest absolute Gasteiger partial charge is 0.382 e. The monoisotopic (exact) mass is 233 g/mol. The summed E-state index contributed by atoms with van der Waals surface area (Å²) in [6.45, 7) is 0. The van der Waals surface area contributed by atoms with Crippen LogP contribution in [0.5, 0.6) is 5.75 Å². The number of hydrogen-bond acceptors (Lipinski definition) is 3. The molecule has 0 aromatic heterocycles. The first kappa shape index (κ1) is 11.6. The SMILES string of the molecule is COc1ccc(Cl)cc1C(F)(F)N=C=O. The molecule has 0 saturated carbocycles. The highest BCUT2D eigenvalue weighted by atomic mass is 35.5. The van der Waals surface area contributed by atoms with Crippen LogP contribution in [0.2, 0.25) is 5.02 Å². The van der Waals surface area contributed by atoms with Gasteiger partial charge in [0.15, 0.2) is 0 Å². The number of halogens is 3. The zero-order valence-corrected chi connectivity index (χ0v) is 8.39. The van der Waals surface area contributed by atoms with E-state index in [2.05, 4.69) is 4.99 Å². The Morgan fingerprint density at radius 3 is 2.73 bits per heavy atom. The zero-order chi connectivity index (χ0) is 11.5. The molecular formula is C9H6ClF2NO2. The average molecular weight is 234 g/mol. The Kier molecular flexibility index (Phi) is 3.39.